The summed E-state index contributed by atoms with van der Waals surface area (Å²) in [5.74, 6) is -0.460. The maximum Gasteiger partial charge on any atom is 0.246 e. The summed E-state index contributed by atoms with van der Waals surface area (Å²) in [6.07, 6.45) is 3.18. The molecule has 0 bridgehead atoms. The van der Waals surface area contributed by atoms with Gasteiger partial charge in [0, 0.05) is 32.3 Å². The molecule has 0 atom stereocenters. The van der Waals surface area contributed by atoms with Crippen molar-refractivity contribution >= 4 is 17.7 Å². The van der Waals surface area contributed by atoms with Crippen LogP contribution in [0, 0.1) is 5.82 Å². The predicted octanol–water partition coefficient (Wildman–Crippen LogP) is 1.20. The van der Waals surface area contributed by atoms with Gasteiger partial charge in [-0.15, -0.1) is 0 Å². The van der Waals surface area contributed by atoms with Crippen molar-refractivity contribution in [2.24, 2.45) is 0 Å². The molecule has 1 amide bonds. The number of anilines is 1. The lowest BCUT2D eigenvalue weighted by Gasteiger charge is -2.31. The number of amides is 1. The molecule has 1 saturated heterocycles. The molecule has 1 heterocycles. The fourth-order valence-corrected chi connectivity index (χ4v) is 1.97. The van der Waals surface area contributed by atoms with E-state index in [4.69, 9.17) is 5.73 Å². The predicted molar refractivity (Wildman–Crippen MR) is 73.9 cm³/mol. The van der Waals surface area contributed by atoms with Crippen LogP contribution in [0.15, 0.2) is 24.3 Å². The molecule has 1 fully saturated rings. The Labute approximate surface area is 112 Å². The van der Waals surface area contributed by atoms with Gasteiger partial charge in [0.2, 0.25) is 5.91 Å². The molecule has 0 aliphatic carbocycles. The largest absolute Gasteiger partial charge is 0.396 e. The van der Waals surface area contributed by atoms with Crippen LogP contribution in [0.25, 0.3) is 6.08 Å². The molecule has 0 saturated carbocycles. The third kappa shape index (κ3) is 3.54. The second-order valence-electron chi connectivity index (χ2n) is 4.74. The number of piperazine rings is 1. The Balaban J connectivity index is 1.98. The Bertz CT molecular complexity index is 493. The quantitative estimate of drug-likeness (QED) is 0.644. The van der Waals surface area contributed by atoms with Crippen LogP contribution in [0.3, 0.4) is 0 Å². The molecule has 4 nitrogen and oxygen atoms in total. The van der Waals surface area contributed by atoms with Crippen molar-refractivity contribution in [1.82, 2.24) is 9.80 Å². The number of nitrogens with two attached hydrogens (primary N) is 1. The minimum absolute atomic E-state index is 0.0176. The smallest absolute Gasteiger partial charge is 0.246 e. The zero-order valence-electron chi connectivity index (χ0n) is 11.0. The van der Waals surface area contributed by atoms with Gasteiger partial charge in [0.25, 0.3) is 0 Å². The molecule has 2 rings (SSSR count). The number of nitrogens with zero attached hydrogens (tertiary/aromatic N) is 2. The lowest BCUT2D eigenvalue weighted by molar-refractivity contribution is -0.127. The number of hydrogen-bond donors (Lipinski definition) is 1. The van der Waals surface area contributed by atoms with Gasteiger partial charge in [-0.05, 0) is 30.8 Å². The van der Waals surface area contributed by atoms with Crippen molar-refractivity contribution in [2.45, 2.75) is 0 Å². The number of likely N-dealkylation sites (N-methyl/N-ethyl adjacent to an activating group) is 1. The average molecular weight is 263 g/mol. The Morgan fingerprint density at radius 1 is 1.32 bits per heavy atom. The van der Waals surface area contributed by atoms with Crippen LogP contribution in [0.2, 0.25) is 0 Å². The van der Waals surface area contributed by atoms with E-state index in [1.54, 1.807) is 12.1 Å². The summed E-state index contributed by atoms with van der Waals surface area (Å²) >= 11 is 0. The molecular weight excluding hydrogens is 245 g/mol. The van der Waals surface area contributed by atoms with Crippen LogP contribution < -0.4 is 5.73 Å². The Morgan fingerprint density at radius 3 is 2.63 bits per heavy atom. The maximum atomic E-state index is 13.0. The number of halogens is 1. The van der Waals surface area contributed by atoms with Crippen molar-refractivity contribution in [3.8, 4) is 0 Å². The van der Waals surface area contributed by atoms with E-state index in [-0.39, 0.29) is 11.6 Å². The Hall–Kier alpha value is -1.88. The summed E-state index contributed by atoms with van der Waals surface area (Å²) in [5.41, 5.74) is 6.29. The maximum absolute atomic E-state index is 13.0. The van der Waals surface area contributed by atoms with Gasteiger partial charge >= 0.3 is 0 Å². The van der Waals surface area contributed by atoms with Gasteiger partial charge in [0.05, 0.1) is 5.69 Å². The number of hydrogen-bond acceptors (Lipinski definition) is 3. The standard InChI is InChI=1S/C14H18FN3O/c1-17-6-8-18(9-7-17)14(19)5-3-11-2-4-12(15)13(16)10-11/h2-5,10H,6-9,16H2,1H3/b5-3+. The first-order valence-corrected chi connectivity index (χ1v) is 6.27. The fraction of sp³-hybridized carbons (Fsp3) is 0.357. The van der Waals surface area contributed by atoms with E-state index in [1.807, 2.05) is 11.9 Å². The SMILES string of the molecule is CN1CCN(C(=O)/C=C/c2ccc(F)c(N)c2)CC1. The van der Waals surface area contributed by atoms with Crippen molar-refractivity contribution in [3.05, 3.63) is 35.7 Å². The Kier molecular flexibility index (Phi) is 4.16. The highest BCUT2D eigenvalue weighted by molar-refractivity contribution is 5.92. The highest BCUT2D eigenvalue weighted by Crippen LogP contribution is 2.13. The highest BCUT2D eigenvalue weighted by Gasteiger charge is 2.16. The van der Waals surface area contributed by atoms with Gasteiger partial charge in [-0.25, -0.2) is 4.39 Å². The lowest BCUT2D eigenvalue weighted by Crippen LogP contribution is -2.46. The van der Waals surface area contributed by atoms with Crippen LogP contribution in [0.1, 0.15) is 5.56 Å². The first-order valence-electron chi connectivity index (χ1n) is 6.27. The van der Waals surface area contributed by atoms with Gasteiger partial charge in [0.15, 0.2) is 0 Å². The molecule has 1 aliphatic rings. The van der Waals surface area contributed by atoms with Crippen molar-refractivity contribution in [2.75, 3.05) is 39.0 Å². The summed E-state index contributed by atoms with van der Waals surface area (Å²) in [6.45, 7) is 3.27. The zero-order valence-corrected chi connectivity index (χ0v) is 11.0. The summed E-state index contributed by atoms with van der Waals surface area (Å²) in [6, 6.07) is 4.41. The van der Waals surface area contributed by atoms with Gasteiger partial charge < -0.3 is 15.5 Å². The molecule has 102 valence electrons. The number of carbonyl (C=O) groups is 1. The average Bonchev–Trinajstić information content (AvgIpc) is 2.40. The van der Waals surface area contributed by atoms with E-state index in [1.165, 1.54) is 18.2 Å². The van der Waals surface area contributed by atoms with Crippen LogP contribution in [0.5, 0.6) is 0 Å². The van der Waals surface area contributed by atoms with Crippen molar-refractivity contribution < 1.29 is 9.18 Å². The molecule has 2 N–H and O–H groups in total. The van der Waals surface area contributed by atoms with Gasteiger partial charge in [-0.2, -0.15) is 0 Å². The summed E-state index contributed by atoms with van der Waals surface area (Å²) < 4.78 is 13.0. The topological polar surface area (TPSA) is 49.6 Å². The second-order valence-corrected chi connectivity index (χ2v) is 4.74. The summed E-state index contributed by atoms with van der Waals surface area (Å²) in [4.78, 5) is 15.9. The molecule has 1 aromatic carbocycles. The fourth-order valence-electron chi connectivity index (χ4n) is 1.97. The van der Waals surface area contributed by atoms with Crippen LogP contribution in [0.4, 0.5) is 10.1 Å². The minimum Gasteiger partial charge on any atom is -0.396 e. The number of carbonyl (C=O) groups excluding carboxylic acids is 1. The first kappa shape index (κ1) is 13.5. The van der Waals surface area contributed by atoms with Crippen LogP contribution in [-0.2, 0) is 4.79 Å². The highest BCUT2D eigenvalue weighted by atomic mass is 19.1. The zero-order chi connectivity index (χ0) is 13.8. The molecule has 1 aliphatic heterocycles. The van der Waals surface area contributed by atoms with Crippen molar-refractivity contribution in [1.29, 1.82) is 0 Å². The summed E-state index contributed by atoms with van der Waals surface area (Å²) in [7, 11) is 2.04. The second kappa shape index (κ2) is 5.84. The van der Waals surface area contributed by atoms with Crippen molar-refractivity contribution in [3.63, 3.8) is 0 Å². The molecule has 5 heteroatoms. The number of benzene rings is 1. The molecule has 0 unspecified atom stereocenters. The normalized spacial score (nSPS) is 17.1. The van der Waals surface area contributed by atoms with Gasteiger partial charge in [-0.3, -0.25) is 4.79 Å². The van der Waals surface area contributed by atoms with E-state index >= 15 is 0 Å². The van der Waals surface area contributed by atoms with E-state index < -0.39 is 5.82 Å². The first-order chi connectivity index (χ1) is 9.06. The van der Waals surface area contributed by atoms with Gasteiger partial charge in [0.1, 0.15) is 5.82 Å². The Morgan fingerprint density at radius 2 is 2.00 bits per heavy atom. The third-order valence-corrected chi connectivity index (χ3v) is 3.25. The molecule has 1 aromatic rings. The summed E-state index contributed by atoms with van der Waals surface area (Å²) in [5, 5.41) is 0. The van der Waals surface area contributed by atoms with Crippen LogP contribution in [-0.4, -0.2) is 48.9 Å². The van der Waals surface area contributed by atoms with E-state index in [2.05, 4.69) is 4.90 Å². The van der Waals surface area contributed by atoms with Crippen LogP contribution >= 0.6 is 0 Å². The number of rotatable bonds is 2. The minimum atomic E-state index is -0.442. The molecular formula is C14H18FN3O. The van der Waals surface area contributed by atoms with Gasteiger partial charge in [-0.1, -0.05) is 6.07 Å². The van der Waals surface area contributed by atoms with E-state index in [9.17, 15) is 9.18 Å². The third-order valence-electron chi connectivity index (χ3n) is 3.25. The monoisotopic (exact) mass is 263 g/mol. The molecule has 0 radical (unpaired) electrons. The number of nitrogen functional groups attached to an aromatic ring is 1. The molecule has 19 heavy (non-hydrogen) atoms. The van der Waals surface area contributed by atoms with E-state index in [0.29, 0.717) is 0 Å². The molecule has 0 spiro atoms. The lowest BCUT2D eigenvalue weighted by atomic mass is 10.2. The molecule has 0 aromatic heterocycles. The van der Waals surface area contributed by atoms with E-state index in [0.717, 1.165) is 31.7 Å².